The monoisotopic (exact) mass is 218 g/mol. The van der Waals surface area contributed by atoms with Crippen LogP contribution in [0, 0.1) is 0 Å². The Morgan fingerprint density at radius 1 is 1.67 bits per heavy atom. The van der Waals surface area contributed by atoms with Crippen molar-refractivity contribution in [3.8, 4) is 0 Å². The van der Waals surface area contributed by atoms with E-state index in [2.05, 4.69) is 2.72 Å². The second-order valence-electron chi connectivity index (χ2n) is 0.596. The van der Waals surface area contributed by atoms with Crippen molar-refractivity contribution in [1.82, 2.24) is 0 Å². The molecule has 2 N–H and O–H groups in total. The molecule has 0 aromatic heterocycles. The maximum absolute atomic E-state index is 9.55. The summed E-state index contributed by atoms with van der Waals surface area (Å²) in [5.41, 5.74) is 0. The molecule has 4 nitrogen and oxygen atoms in total. The van der Waals surface area contributed by atoms with Crippen LogP contribution in [-0.2, 0) is 6.45 Å². The predicted octanol–water partition coefficient (Wildman–Crippen LogP) is -2.60. The van der Waals surface area contributed by atoms with Crippen molar-refractivity contribution in [3.05, 3.63) is 0 Å². The Balaban J connectivity index is 3.48. The minimum atomic E-state index is -4.63. The van der Waals surface area contributed by atoms with E-state index >= 15 is 0 Å². The van der Waals surface area contributed by atoms with Crippen LogP contribution in [0.4, 0.5) is 0 Å². The summed E-state index contributed by atoms with van der Waals surface area (Å²) in [5.74, 6) is 0. The van der Waals surface area contributed by atoms with Crippen LogP contribution in [0.2, 0.25) is 0 Å². The summed E-state index contributed by atoms with van der Waals surface area (Å²) in [4.78, 5) is 0. The van der Waals surface area contributed by atoms with Gasteiger partial charge in [-0.05, 0) is 0 Å². The topological polar surface area (TPSA) is 66.8 Å². The van der Waals surface area contributed by atoms with Gasteiger partial charge in [-0.25, -0.2) is 0 Å². The normalized spacial score (nSPS) is 11.8. The molecule has 0 bridgehead atoms. The van der Waals surface area contributed by atoms with Crippen LogP contribution in [0.1, 0.15) is 0 Å². The summed E-state index contributed by atoms with van der Waals surface area (Å²) >= 11 is -4.05. The van der Waals surface area contributed by atoms with Crippen LogP contribution in [0.25, 0.3) is 0 Å². The van der Waals surface area contributed by atoms with Gasteiger partial charge in [0, 0.05) is 0 Å². The molecular formula is H4As2O4. The Morgan fingerprint density at radius 2 is 1.83 bits per heavy atom. The van der Waals surface area contributed by atoms with Crippen LogP contribution in [0.5, 0.6) is 0 Å². The fraction of sp³-hybridized carbons (Fsp3) is 0. The molecule has 0 saturated heterocycles. The maximum atomic E-state index is 9.55. The standard InChI is InChI=1S/As2H4O4/c1-6-2(3,4)5/h1H2,(H2,3,4,5). The summed E-state index contributed by atoms with van der Waals surface area (Å²) in [6.07, 6.45) is 0. The van der Waals surface area contributed by atoms with Gasteiger partial charge < -0.3 is 0 Å². The Labute approximate surface area is 46.7 Å². The van der Waals surface area contributed by atoms with E-state index < -0.39 is 14.5 Å². The molecule has 0 aliphatic rings. The van der Waals surface area contributed by atoms with Gasteiger partial charge in [-0.15, -0.1) is 0 Å². The molecule has 0 saturated carbocycles. The average molecular weight is 218 g/mol. The first-order chi connectivity index (χ1) is 2.56. The van der Waals surface area contributed by atoms with Gasteiger partial charge in [0.25, 0.3) is 0 Å². The van der Waals surface area contributed by atoms with E-state index in [0.29, 0.717) is 17.2 Å². The molecule has 0 aliphatic carbocycles. The Hall–Kier alpha value is 0.797. The van der Waals surface area contributed by atoms with Crippen molar-refractivity contribution in [3.63, 3.8) is 0 Å². The molecule has 0 rings (SSSR count). The zero-order valence-electron chi connectivity index (χ0n) is 2.74. The van der Waals surface area contributed by atoms with Crippen molar-refractivity contribution in [2.75, 3.05) is 0 Å². The van der Waals surface area contributed by atoms with Crippen molar-refractivity contribution in [2.24, 2.45) is 0 Å². The van der Waals surface area contributed by atoms with Gasteiger partial charge in [-0.1, -0.05) is 0 Å². The Kier molecular flexibility index (Phi) is 2.49. The first-order valence-corrected chi connectivity index (χ1v) is 5.20. The molecule has 0 aromatic carbocycles. The van der Waals surface area contributed by atoms with Gasteiger partial charge in [0.15, 0.2) is 0 Å². The van der Waals surface area contributed by atoms with Gasteiger partial charge in [0.05, 0.1) is 0 Å². The molecule has 0 fully saturated rings. The number of hydrogen-bond acceptors (Lipinski definition) is 2. The van der Waals surface area contributed by atoms with E-state index in [0.717, 1.165) is 0 Å². The third kappa shape index (κ3) is 4.80. The molecule has 38 valence electrons. The van der Waals surface area contributed by atoms with Gasteiger partial charge in [-0.2, -0.15) is 0 Å². The van der Waals surface area contributed by atoms with Crippen molar-refractivity contribution in [2.45, 2.75) is 0 Å². The van der Waals surface area contributed by atoms with Gasteiger partial charge in [-0.3, -0.25) is 0 Å². The number of rotatable bonds is 1. The predicted molar refractivity (Wildman–Crippen MR) is 20.5 cm³/mol. The first kappa shape index (κ1) is 6.80. The molecule has 0 aromatic rings. The van der Waals surface area contributed by atoms with E-state index in [9.17, 15) is 3.74 Å². The zero-order valence-corrected chi connectivity index (χ0v) is 7.03. The summed E-state index contributed by atoms with van der Waals surface area (Å²) in [6, 6.07) is 0. The minimum absolute atomic E-state index is 0.585. The Morgan fingerprint density at radius 3 is 1.83 bits per heavy atom. The molecule has 1 atom stereocenters. The van der Waals surface area contributed by atoms with Crippen LogP contribution in [0.3, 0.4) is 0 Å². The molecule has 6 heteroatoms. The molecule has 0 radical (unpaired) electrons. The summed E-state index contributed by atoms with van der Waals surface area (Å²) < 4.78 is 28.9. The summed E-state index contributed by atoms with van der Waals surface area (Å²) in [5, 5.41) is 0. The van der Waals surface area contributed by atoms with E-state index in [1.165, 1.54) is 0 Å². The molecule has 0 spiro atoms. The first-order valence-electron chi connectivity index (χ1n) is 1.00. The summed E-state index contributed by atoms with van der Waals surface area (Å²) in [7, 11) is 0. The average Bonchev–Trinajstić information content (AvgIpc) is 1.35. The van der Waals surface area contributed by atoms with E-state index in [4.69, 9.17) is 8.19 Å². The van der Waals surface area contributed by atoms with Crippen molar-refractivity contribution in [1.29, 1.82) is 0 Å². The summed E-state index contributed by atoms with van der Waals surface area (Å²) in [6.45, 7) is 0. The molecule has 6 heavy (non-hydrogen) atoms. The van der Waals surface area contributed by atoms with Crippen LogP contribution in [0.15, 0.2) is 0 Å². The number of hydrogen-bond donors (Lipinski definition) is 2. The van der Waals surface area contributed by atoms with Gasteiger partial charge in [0.2, 0.25) is 0 Å². The Bertz CT molecular complexity index is 69.6. The third-order valence-electron chi connectivity index (χ3n) is 0.137. The zero-order chi connectivity index (χ0) is 5.21. The van der Waals surface area contributed by atoms with Crippen molar-refractivity contribution >= 4 is 31.7 Å². The molecule has 0 amide bonds. The quantitative estimate of drug-likeness (QED) is 0.473. The second-order valence-corrected chi connectivity index (χ2v) is 5.40. The van der Waals surface area contributed by atoms with Gasteiger partial charge in [0.1, 0.15) is 0 Å². The molecule has 0 aliphatic heterocycles. The van der Waals surface area contributed by atoms with Crippen molar-refractivity contribution < 1.29 is 14.6 Å². The third-order valence-corrected chi connectivity index (χ3v) is 3.71. The van der Waals surface area contributed by atoms with Crippen LogP contribution in [-0.4, -0.2) is 39.9 Å². The second kappa shape index (κ2) is 2.19. The fourth-order valence-electron chi connectivity index (χ4n) is 0. The van der Waals surface area contributed by atoms with Crippen LogP contribution >= 0.6 is 0 Å². The van der Waals surface area contributed by atoms with E-state index in [-0.39, 0.29) is 0 Å². The molecule has 0 heterocycles. The molecule has 1 unspecified atom stereocenters. The van der Waals surface area contributed by atoms with Crippen LogP contribution < -0.4 is 0 Å². The van der Waals surface area contributed by atoms with Gasteiger partial charge >= 0.3 is 46.4 Å². The SMILES string of the molecule is O=[As](O)(O)O[AsH2]. The fourth-order valence-corrected chi connectivity index (χ4v) is 0. The van der Waals surface area contributed by atoms with E-state index in [1.54, 1.807) is 0 Å². The van der Waals surface area contributed by atoms with E-state index in [1.807, 2.05) is 0 Å². The molecular weight excluding hydrogens is 214 g/mol.